The first kappa shape index (κ1) is 10.1. The molecule has 0 unspecified atom stereocenters. The van der Waals surface area contributed by atoms with E-state index in [1.54, 1.807) is 0 Å². The van der Waals surface area contributed by atoms with E-state index < -0.39 is 0 Å². The molecule has 1 saturated heterocycles. The first-order chi connectivity index (χ1) is 7.28. The molecule has 0 radical (unpaired) electrons. The Balaban J connectivity index is 1.93. The van der Waals surface area contributed by atoms with E-state index >= 15 is 0 Å². The predicted octanol–water partition coefficient (Wildman–Crippen LogP) is -0.436. The Morgan fingerprint density at radius 3 is 2.93 bits per heavy atom. The van der Waals surface area contributed by atoms with Gasteiger partial charge in [0.1, 0.15) is 0 Å². The molecule has 0 aliphatic carbocycles. The molecule has 0 bridgehead atoms. The van der Waals surface area contributed by atoms with Gasteiger partial charge in [0.05, 0.1) is 13.1 Å². The molecule has 0 atom stereocenters. The number of carbonyl (C=O) groups excluding carboxylic acids is 1. The number of hydrogen-bond donors (Lipinski definition) is 1. The lowest BCUT2D eigenvalue weighted by Crippen LogP contribution is -2.47. The van der Waals surface area contributed by atoms with Gasteiger partial charge in [0.2, 0.25) is 17.7 Å². The number of hydrogen-bond acceptors (Lipinski definition) is 5. The van der Waals surface area contributed by atoms with E-state index in [9.17, 15) is 4.79 Å². The van der Waals surface area contributed by atoms with Crippen LogP contribution in [0.3, 0.4) is 0 Å². The van der Waals surface area contributed by atoms with E-state index in [0.717, 1.165) is 13.0 Å². The first-order valence-electron chi connectivity index (χ1n) is 5.08. The summed E-state index contributed by atoms with van der Waals surface area (Å²) >= 11 is 0. The average molecular weight is 210 g/mol. The molecular weight excluding hydrogens is 196 g/mol. The lowest BCUT2D eigenvalue weighted by Gasteiger charge is -2.24. The largest absolute Gasteiger partial charge is 0.424 e. The summed E-state index contributed by atoms with van der Waals surface area (Å²) in [6.45, 7) is 4.44. The highest BCUT2D eigenvalue weighted by molar-refractivity contribution is 5.78. The van der Waals surface area contributed by atoms with Gasteiger partial charge in [-0.15, -0.1) is 10.2 Å². The minimum Gasteiger partial charge on any atom is -0.424 e. The smallest absolute Gasteiger partial charge is 0.234 e. The molecule has 1 fully saturated rings. The van der Waals surface area contributed by atoms with Crippen molar-refractivity contribution in [2.24, 2.45) is 0 Å². The Bertz CT molecular complexity index is 350. The topological polar surface area (TPSA) is 71.3 Å². The molecule has 6 nitrogen and oxygen atoms in total. The van der Waals surface area contributed by atoms with Crippen molar-refractivity contribution < 1.29 is 9.21 Å². The molecule has 0 saturated carbocycles. The molecule has 1 aliphatic heterocycles. The van der Waals surface area contributed by atoms with E-state index in [1.165, 1.54) is 0 Å². The van der Waals surface area contributed by atoms with Crippen LogP contribution in [0.5, 0.6) is 0 Å². The van der Waals surface area contributed by atoms with E-state index in [-0.39, 0.29) is 5.91 Å². The second-order valence-corrected chi connectivity index (χ2v) is 3.50. The number of piperazine rings is 1. The van der Waals surface area contributed by atoms with E-state index in [4.69, 9.17) is 4.42 Å². The van der Waals surface area contributed by atoms with Crippen molar-refractivity contribution in [1.82, 2.24) is 20.4 Å². The van der Waals surface area contributed by atoms with Crippen LogP contribution in [0, 0.1) is 0 Å². The van der Waals surface area contributed by atoms with Crippen molar-refractivity contribution in [1.29, 1.82) is 0 Å². The maximum atomic E-state index is 11.1. The number of rotatable bonds is 3. The van der Waals surface area contributed by atoms with Crippen LogP contribution in [0.1, 0.15) is 18.7 Å². The lowest BCUT2D eigenvalue weighted by atomic mass is 10.3. The molecule has 1 aromatic rings. The van der Waals surface area contributed by atoms with Crippen LogP contribution in [0.2, 0.25) is 0 Å². The van der Waals surface area contributed by atoms with Crippen molar-refractivity contribution in [3.63, 3.8) is 0 Å². The zero-order valence-corrected chi connectivity index (χ0v) is 8.69. The van der Waals surface area contributed by atoms with Gasteiger partial charge in [0.25, 0.3) is 0 Å². The summed E-state index contributed by atoms with van der Waals surface area (Å²) in [5, 5.41) is 10.6. The van der Waals surface area contributed by atoms with Crippen molar-refractivity contribution in [2.75, 3.05) is 19.6 Å². The van der Waals surface area contributed by atoms with Crippen molar-refractivity contribution in [2.45, 2.75) is 19.9 Å². The molecule has 1 aliphatic rings. The van der Waals surface area contributed by atoms with E-state index in [0.29, 0.717) is 31.4 Å². The number of aromatic nitrogens is 2. The number of nitrogens with one attached hydrogen (secondary N) is 1. The first-order valence-corrected chi connectivity index (χ1v) is 5.08. The molecule has 82 valence electrons. The number of amides is 1. The summed E-state index contributed by atoms with van der Waals surface area (Å²) in [6.07, 6.45) is 0.744. The Hall–Kier alpha value is -1.43. The van der Waals surface area contributed by atoms with Crippen LogP contribution in [0.15, 0.2) is 4.42 Å². The second-order valence-electron chi connectivity index (χ2n) is 3.50. The molecule has 2 rings (SSSR count). The highest BCUT2D eigenvalue weighted by atomic mass is 16.4. The summed E-state index contributed by atoms with van der Waals surface area (Å²) in [5.41, 5.74) is 0. The van der Waals surface area contributed by atoms with Crippen LogP contribution in [0.25, 0.3) is 0 Å². The zero-order chi connectivity index (χ0) is 10.7. The molecule has 0 aromatic carbocycles. The summed E-state index contributed by atoms with van der Waals surface area (Å²) in [5.74, 6) is 1.28. The molecule has 1 aromatic heterocycles. The van der Waals surface area contributed by atoms with Gasteiger partial charge in [-0.2, -0.15) is 0 Å². The predicted molar refractivity (Wildman–Crippen MR) is 52.0 cm³/mol. The van der Waals surface area contributed by atoms with Crippen molar-refractivity contribution in [3.05, 3.63) is 11.8 Å². The molecular formula is C9H14N4O2. The number of nitrogens with zero attached hydrogens (tertiary/aromatic N) is 3. The van der Waals surface area contributed by atoms with Gasteiger partial charge in [0.15, 0.2) is 0 Å². The minimum atomic E-state index is 0.0523. The van der Waals surface area contributed by atoms with Gasteiger partial charge in [0, 0.05) is 19.5 Å². The Morgan fingerprint density at radius 2 is 2.27 bits per heavy atom. The normalized spacial score (nSPS) is 17.8. The third kappa shape index (κ3) is 2.53. The molecule has 1 amide bonds. The fraction of sp³-hybridized carbons (Fsp3) is 0.667. The van der Waals surface area contributed by atoms with Gasteiger partial charge in [-0.1, -0.05) is 6.92 Å². The fourth-order valence-electron chi connectivity index (χ4n) is 1.51. The highest BCUT2D eigenvalue weighted by Gasteiger charge is 2.18. The maximum Gasteiger partial charge on any atom is 0.234 e. The monoisotopic (exact) mass is 210 g/mol. The fourth-order valence-corrected chi connectivity index (χ4v) is 1.51. The van der Waals surface area contributed by atoms with Gasteiger partial charge in [-0.3, -0.25) is 9.69 Å². The van der Waals surface area contributed by atoms with E-state index in [1.807, 2.05) is 11.8 Å². The Labute approximate surface area is 87.7 Å². The van der Waals surface area contributed by atoms with Crippen LogP contribution in [0.4, 0.5) is 0 Å². The number of carbonyl (C=O) groups is 1. The summed E-state index contributed by atoms with van der Waals surface area (Å²) in [7, 11) is 0. The van der Waals surface area contributed by atoms with Crippen LogP contribution in [-0.4, -0.2) is 40.6 Å². The quantitative estimate of drug-likeness (QED) is 0.732. The zero-order valence-electron chi connectivity index (χ0n) is 8.69. The van der Waals surface area contributed by atoms with Gasteiger partial charge in [-0.25, -0.2) is 0 Å². The Morgan fingerprint density at radius 1 is 1.47 bits per heavy atom. The molecule has 0 spiro atoms. The molecule has 6 heteroatoms. The molecule has 1 N–H and O–H groups in total. The third-order valence-corrected chi connectivity index (χ3v) is 2.29. The lowest BCUT2D eigenvalue weighted by molar-refractivity contribution is -0.124. The van der Waals surface area contributed by atoms with E-state index in [2.05, 4.69) is 15.5 Å². The van der Waals surface area contributed by atoms with Gasteiger partial charge in [-0.05, 0) is 0 Å². The second kappa shape index (κ2) is 4.39. The third-order valence-electron chi connectivity index (χ3n) is 2.29. The summed E-state index contributed by atoms with van der Waals surface area (Å²) in [4.78, 5) is 13.1. The van der Waals surface area contributed by atoms with Crippen molar-refractivity contribution in [3.8, 4) is 0 Å². The standard InChI is InChI=1S/C9H14N4O2/c1-2-8-11-12-9(15-8)6-13-4-3-10-7(14)5-13/h2-6H2,1H3,(H,10,14). The average Bonchev–Trinajstić information content (AvgIpc) is 2.65. The SMILES string of the molecule is CCc1nnc(CN2CCNC(=O)C2)o1. The maximum absolute atomic E-state index is 11.1. The van der Waals surface area contributed by atoms with Crippen LogP contribution < -0.4 is 5.32 Å². The van der Waals surface area contributed by atoms with Gasteiger partial charge >= 0.3 is 0 Å². The highest BCUT2D eigenvalue weighted by Crippen LogP contribution is 2.05. The Kier molecular flexibility index (Phi) is 2.96. The van der Waals surface area contributed by atoms with Gasteiger partial charge < -0.3 is 9.73 Å². The van der Waals surface area contributed by atoms with Crippen LogP contribution in [-0.2, 0) is 17.8 Å². The van der Waals surface area contributed by atoms with Crippen LogP contribution >= 0.6 is 0 Å². The van der Waals surface area contributed by atoms with Crippen molar-refractivity contribution >= 4 is 5.91 Å². The molecule has 2 heterocycles. The number of aryl methyl sites for hydroxylation is 1. The minimum absolute atomic E-state index is 0.0523. The molecule has 15 heavy (non-hydrogen) atoms. The summed E-state index contributed by atoms with van der Waals surface area (Å²) in [6, 6.07) is 0. The summed E-state index contributed by atoms with van der Waals surface area (Å²) < 4.78 is 5.38.